The number of rotatable bonds is 3. The summed E-state index contributed by atoms with van der Waals surface area (Å²) in [4.78, 5) is 26.7. The molecule has 0 aliphatic carbocycles. The number of hydrogen-bond acceptors (Lipinski definition) is 5. The van der Waals surface area contributed by atoms with Crippen molar-refractivity contribution in [3.63, 3.8) is 0 Å². The van der Waals surface area contributed by atoms with Gasteiger partial charge in [0.25, 0.3) is 0 Å². The van der Waals surface area contributed by atoms with Gasteiger partial charge in [-0.3, -0.25) is 9.59 Å². The smallest absolute Gasteiger partial charge is 0.247 e. The summed E-state index contributed by atoms with van der Waals surface area (Å²) in [6.07, 6.45) is 3.14. The van der Waals surface area contributed by atoms with Gasteiger partial charge in [0.2, 0.25) is 11.8 Å². The predicted octanol–water partition coefficient (Wildman–Crippen LogP) is 2.94. The minimum Gasteiger partial charge on any atom is -0.486 e. The summed E-state index contributed by atoms with van der Waals surface area (Å²) in [6.45, 7) is 6.69. The van der Waals surface area contributed by atoms with E-state index in [2.05, 4.69) is 5.32 Å². The summed E-state index contributed by atoms with van der Waals surface area (Å²) in [6, 6.07) is 3.05. The molecule has 1 aromatic carbocycles. The van der Waals surface area contributed by atoms with E-state index in [0.717, 1.165) is 5.56 Å². The van der Waals surface area contributed by atoms with Crippen LogP contribution >= 0.6 is 23.4 Å². The van der Waals surface area contributed by atoms with Crippen LogP contribution in [0.25, 0.3) is 6.08 Å². The van der Waals surface area contributed by atoms with E-state index in [9.17, 15) is 9.59 Å². The molecule has 1 N–H and O–H groups in total. The van der Waals surface area contributed by atoms with E-state index in [4.69, 9.17) is 21.1 Å². The molecule has 2 aliphatic rings. The first-order chi connectivity index (χ1) is 12.7. The van der Waals surface area contributed by atoms with Crippen molar-refractivity contribution in [1.82, 2.24) is 10.2 Å². The lowest BCUT2D eigenvalue weighted by atomic mass is 10.1. The molecular formula is C19H23ClN2O4S. The number of carbonyl (C=O) groups is 2. The van der Waals surface area contributed by atoms with Crippen LogP contribution in [0.2, 0.25) is 5.02 Å². The first kappa shape index (κ1) is 19.9. The van der Waals surface area contributed by atoms with Crippen LogP contribution in [0, 0.1) is 0 Å². The summed E-state index contributed by atoms with van der Waals surface area (Å²) in [5.41, 5.74) is 0.400. The largest absolute Gasteiger partial charge is 0.486 e. The highest BCUT2D eigenvalue weighted by Crippen LogP contribution is 2.38. The average molecular weight is 411 g/mol. The Kier molecular flexibility index (Phi) is 5.91. The lowest BCUT2D eigenvalue weighted by Gasteiger charge is -2.27. The van der Waals surface area contributed by atoms with Crippen LogP contribution in [0.3, 0.4) is 0 Å². The molecule has 146 valence electrons. The molecular weight excluding hydrogens is 388 g/mol. The van der Waals surface area contributed by atoms with Crippen LogP contribution in [0.15, 0.2) is 18.2 Å². The minimum absolute atomic E-state index is 0.128. The third-order valence-electron chi connectivity index (χ3n) is 4.00. The maximum Gasteiger partial charge on any atom is 0.247 e. The molecule has 0 radical (unpaired) electrons. The van der Waals surface area contributed by atoms with Crippen molar-refractivity contribution in [2.24, 2.45) is 0 Å². The molecule has 0 aromatic heterocycles. The first-order valence-electron chi connectivity index (χ1n) is 8.72. The summed E-state index contributed by atoms with van der Waals surface area (Å²) in [5, 5.41) is 3.39. The Hall–Kier alpha value is -1.86. The Morgan fingerprint density at radius 2 is 2.04 bits per heavy atom. The molecule has 2 heterocycles. The molecule has 3 rings (SSSR count). The van der Waals surface area contributed by atoms with E-state index in [1.165, 1.54) is 6.08 Å². The molecule has 8 heteroatoms. The fraction of sp³-hybridized carbons (Fsp3) is 0.474. The Labute approximate surface area is 168 Å². The first-order valence-corrected chi connectivity index (χ1v) is 10.3. The number of thioether (sulfide) groups is 1. The van der Waals surface area contributed by atoms with Gasteiger partial charge in [-0.05, 0) is 44.5 Å². The van der Waals surface area contributed by atoms with Gasteiger partial charge in [-0.1, -0.05) is 11.6 Å². The molecule has 2 amide bonds. The van der Waals surface area contributed by atoms with Crippen molar-refractivity contribution in [3.05, 3.63) is 28.8 Å². The number of fused-ring (bicyclic) bond motifs is 1. The quantitative estimate of drug-likeness (QED) is 0.776. The number of nitrogens with one attached hydrogen (secondary N) is 1. The van der Waals surface area contributed by atoms with Crippen LogP contribution < -0.4 is 14.8 Å². The molecule has 6 nitrogen and oxygen atoms in total. The van der Waals surface area contributed by atoms with E-state index in [1.54, 1.807) is 34.9 Å². The second-order valence-corrected chi connectivity index (χ2v) is 8.83. The van der Waals surface area contributed by atoms with Gasteiger partial charge in [-0.2, -0.15) is 0 Å². The summed E-state index contributed by atoms with van der Waals surface area (Å²) in [7, 11) is 0. The van der Waals surface area contributed by atoms with Gasteiger partial charge in [0, 0.05) is 17.4 Å². The Bertz CT molecular complexity index is 776. The predicted molar refractivity (Wildman–Crippen MR) is 107 cm³/mol. The summed E-state index contributed by atoms with van der Waals surface area (Å²) in [5.74, 6) is 1.85. The lowest BCUT2D eigenvalue weighted by molar-refractivity contribution is -0.135. The van der Waals surface area contributed by atoms with Gasteiger partial charge in [-0.25, -0.2) is 0 Å². The minimum atomic E-state index is -0.463. The normalized spacial score (nSPS) is 19.4. The third-order valence-corrected chi connectivity index (χ3v) is 5.30. The second-order valence-electron chi connectivity index (χ2n) is 7.42. The highest BCUT2D eigenvalue weighted by atomic mass is 35.5. The average Bonchev–Trinajstić information content (AvgIpc) is 3.08. The number of ether oxygens (including phenoxy) is 2. The SMILES string of the molecule is CC(C)(C)NC(=O)C1CSCN1C(=O)/C=C/c1cc(Cl)c2c(c1)OCCO2. The maximum atomic E-state index is 12.6. The molecule has 1 saturated heterocycles. The molecule has 0 spiro atoms. The van der Waals surface area contributed by atoms with Crippen LogP contribution in [0.1, 0.15) is 26.3 Å². The monoisotopic (exact) mass is 410 g/mol. The zero-order valence-corrected chi connectivity index (χ0v) is 17.2. The van der Waals surface area contributed by atoms with Crippen molar-refractivity contribution in [2.75, 3.05) is 24.8 Å². The summed E-state index contributed by atoms with van der Waals surface area (Å²) >= 11 is 7.79. The fourth-order valence-electron chi connectivity index (χ4n) is 2.82. The maximum absolute atomic E-state index is 12.6. The second kappa shape index (κ2) is 8.02. The van der Waals surface area contributed by atoms with Crippen molar-refractivity contribution >= 4 is 41.3 Å². The molecule has 1 unspecified atom stereocenters. The standard InChI is InChI=1S/C19H23ClN2O4S/c1-19(2,3)21-18(24)14-10-27-11-22(14)16(23)5-4-12-8-13(20)17-15(9-12)25-6-7-26-17/h4-5,8-9,14H,6-7,10-11H2,1-3H3,(H,21,24)/b5-4+. The van der Waals surface area contributed by atoms with Crippen molar-refractivity contribution in [2.45, 2.75) is 32.4 Å². The highest BCUT2D eigenvalue weighted by molar-refractivity contribution is 7.99. The molecule has 0 bridgehead atoms. The summed E-state index contributed by atoms with van der Waals surface area (Å²) < 4.78 is 11.0. The topological polar surface area (TPSA) is 67.9 Å². The molecule has 2 aliphatic heterocycles. The number of hydrogen-bond donors (Lipinski definition) is 1. The van der Waals surface area contributed by atoms with Gasteiger partial charge in [0.15, 0.2) is 11.5 Å². The van der Waals surface area contributed by atoms with Gasteiger partial charge in [0.1, 0.15) is 19.3 Å². The lowest BCUT2D eigenvalue weighted by Crippen LogP contribution is -2.52. The number of carbonyl (C=O) groups excluding carboxylic acids is 2. The highest BCUT2D eigenvalue weighted by Gasteiger charge is 2.35. The van der Waals surface area contributed by atoms with Crippen LogP contribution in [0.5, 0.6) is 11.5 Å². The van der Waals surface area contributed by atoms with E-state index >= 15 is 0 Å². The zero-order valence-electron chi connectivity index (χ0n) is 15.6. The van der Waals surface area contributed by atoms with Crippen LogP contribution in [-0.2, 0) is 9.59 Å². The van der Waals surface area contributed by atoms with Gasteiger partial charge >= 0.3 is 0 Å². The zero-order chi connectivity index (χ0) is 19.6. The third kappa shape index (κ3) is 4.90. The van der Waals surface area contributed by atoms with Crippen molar-refractivity contribution in [3.8, 4) is 11.5 Å². The number of halogens is 1. The van der Waals surface area contributed by atoms with Crippen molar-refractivity contribution in [1.29, 1.82) is 0 Å². The van der Waals surface area contributed by atoms with Gasteiger partial charge < -0.3 is 19.7 Å². The number of amides is 2. The van der Waals surface area contributed by atoms with Gasteiger partial charge in [-0.15, -0.1) is 11.8 Å². The Morgan fingerprint density at radius 3 is 2.78 bits per heavy atom. The fourth-order valence-corrected chi connectivity index (χ4v) is 4.26. The number of benzene rings is 1. The molecule has 1 aromatic rings. The Morgan fingerprint density at radius 1 is 1.30 bits per heavy atom. The van der Waals surface area contributed by atoms with Gasteiger partial charge in [0.05, 0.1) is 10.9 Å². The Balaban J connectivity index is 1.71. The van der Waals surface area contributed by atoms with Crippen LogP contribution in [0.4, 0.5) is 0 Å². The molecule has 27 heavy (non-hydrogen) atoms. The molecule has 0 saturated carbocycles. The van der Waals surface area contributed by atoms with E-state index in [0.29, 0.717) is 41.4 Å². The molecule has 1 atom stereocenters. The number of nitrogens with zero attached hydrogens (tertiary/aromatic N) is 1. The van der Waals surface area contributed by atoms with Crippen LogP contribution in [-0.4, -0.2) is 53.1 Å². The van der Waals surface area contributed by atoms with E-state index < -0.39 is 6.04 Å². The van der Waals surface area contributed by atoms with E-state index in [-0.39, 0.29) is 17.4 Å². The van der Waals surface area contributed by atoms with E-state index in [1.807, 2.05) is 20.8 Å². The molecule has 1 fully saturated rings. The van der Waals surface area contributed by atoms with Crippen molar-refractivity contribution < 1.29 is 19.1 Å².